The minimum atomic E-state index is -3.88. The summed E-state index contributed by atoms with van der Waals surface area (Å²) in [6.45, 7) is 6.35. The number of ether oxygens (including phenoxy) is 2. The van der Waals surface area contributed by atoms with Gasteiger partial charge in [-0.2, -0.15) is 0 Å². The van der Waals surface area contributed by atoms with Crippen LogP contribution >= 0.6 is 0 Å². The molecule has 0 saturated heterocycles. The van der Waals surface area contributed by atoms with Gasteiger partial charge in [-0.25, -0.2) is 8.42 Å². The van der Waals surface area contributed by atoms with Gasteiger partial charge in [0.2, 0.25) is 0 Å². The van der Waals surface area contributed by atoms with Gasteiger partial charge in [-0.1, -0.05) is 35.9 Å². The summed E-state index contributed by atoms with van der Waals surface area (Å²) in [7, 11) is -3.88. The highest BCUT2D eigenvalue weighted by atomic mass is 32.2. The smallest absolute Gasteiger partial charge is 0.264 e. The Labute approximate surface area is 200 Å². The molecule has 1 aliphatic heterocycles. The van der Waals surface area contributed by atoms with Crippen molar-refractivity contribution < 1.29 is 22.7 Å². The number of amides is 1. The fourth-order valence-corrected chi connectivity index (χ4v) is 5.14. The number of hydrogen-bond donors (Lipinski definition) is 1. The third-order valence-corrected chi connectivity index (χ3v) is 7.58. The van der Waals surface area contributed by atoms with Crippen LogP contribution in [0.1, 0.15) is 16.7 Å². The van der Waals surface area contributed by atoms with Crippen LogP contribution in [-0.2, 0) is 14.8 Å². The molecule has 178 valence electrons. The Bertz CT molecular complexity index is 1290. The lowest BCUT2D eigenvalue weighted by Crippen LogP contribution is -2.51. The van der Waals surface area contributed by atoms with Crippen molar-refractivity contribution in [3.63, 3.8) is 0 Å². The summed E-state index contributed by atoms with van der Waals surface area (Å²) in [4.78, 5) is 13.0. The molecule has 0 spiro atoms. The summed E-state index contributed by atoms with van der Waals surface area (Å²) in [5.41, 5.74) is 3.68. The summed E-state index contributed by atoms with van der Waals surface area (Å²) in [5.74, 6) is 0.675. The van der Waals surface area contributed by atoms with Crippen molar-refractivity contribution in [2.45, 2.75) is 31.8 Å². The summed E-state index contributed by atoms with van der Waals surface area (Å²) >= 11 is 0. The van der Waals surface area contributed by atoms with Crippen molar-refractivity contribution in [3.05, 3.63) is 83.4 Å². The average molecular weight is 481 g/mol. The van der Waals surface area contributed by atoms with Crippen LogP contribution < -0.4 is 19.1 Å². The van der Waals surface area contributed by atoms with Gasteiger partial charge in [-0.3, -0.25) is 9.10 Å². The molecule has 4 rings (SSSR count). The third-order valence-electron chi connectivity index (χ3n) is 5.78. The lowest BCUT2D eigenvalue weighted by atomic mass is 10.1. The molecule has 1 N–H and O–H groups in total. The first-order valence-corrected chi connectivity index (χ1v) is 12.5. The van der Waals surface area contributed by atoms with E-state index in [9.17, 15) is 13.2 Å². The molecular formula is C26H28N2O5S. The van der Waals surface area contributed by atoms with E-state index >= 15 is 0 Å². The molecule has 0 aliphatic carbocycles. The number of rotatable bonds is 7. The molecule has 1 amide bonds. The van der Waals surface area contributed by atoms with Crippen LogP contribution in [0.15, 0.2) is 71.6 Å². The molecule has 0 radical (unpaired) electrons. The zero-order chi connectivity index (χ0) is 24.3. The van der Waals surface area contributed by atoms with E-state index in [1.165, 1.54) is 9.87 Å². The monoisotopic (exact) mass is 480 g/mol. The molecule has 1 heterocycles. The molecule has 3 aromatic carbocycles. The lowest BCUT2D eigenvalue weighted by molar-refractivity contribution is -0.127. The van der Waals surface area contributed by atoms with Crippen LogP contribution in [0.5, 0.6) is 11.5 Å². The number of para-hydroxylation sites is 2. The van der Waals surface area contributed by atoms with Crippen LogP contribution in [0.2, 0.25) is 0 Å². The lowest BCUT2D eigenvalue weighted by Gasteiger charge is -2.34. The van der Waals surface area contributed by atoms with E-state index in [1.807, 2.05) is 39.0 Å². The molecule has 34 heavy (non-hydrogen) atoms. The van der Waals surface area contributed by atoms with Gasteiger partial charge in [0.25, 0.3) is 15.9 Å². The SMILES string of the molecule is Cc1ccc(S(=O)(=O)N2CC(C(=O)NCCOc3ccc(C)c(C)c3)Oc3ccccc32)cc1. The number of nitrogens with zero attached hydrogens (tertiary/aromatic N) is 1. The van der Waals surface area contributed by atoms with Crippen LogP contribution in [-0.4, -0.2) is 40.1 Å². The zero-order valence-electron chi connectivity index (χ0n) is 19.4. The number of nitrogens with one attached hydrogen (secondary N) is 1. The second kappa shape index (κ2) is 9.77. The van der Waals surface area contributed by atoms with Crippen LogP contribution in [0.25, 0.3) is 0 Å². The first-order chi connectivity index (χ1) is 16.3. The molecule has 1 unspecified atom stereocenters. The Morgan fingerprint density at radius 2 is 1.76 bits per heavy atom. The van der Waals surface area contributed by atoms with E-state index in [0.29, 0.717) is 11.4 Å². The highest BCUT2D eigenvalue weighted by molar-refractivity contribution is 7.92. The molecule has 7 nitrogen and oxygen atoms in total. The van der Waals surface area contributed by atoms with E-state index in [-0.39, 0.29) is 24.6 Å². The number of fused-ring (bicyclic) bond motifs is 1. The predicted octanol–water partition coefficient (Wildman–Crippen LogP) is 3.76. The van der Waals surface area contributed by atoms with Crippen LogP contribution in [0.3, 0.4) is 0 Å². The van der Waals surface area contributed by atoms with E-state index in [1.54, 1.807) is 48.5 Å². The molecule has 8 heteroatoms. The molecule has 0 bridgehead atoms. The van der Waals surface area contributed by atoms with Crippen molar-refractivity contribution in [1.29, 1.82) is 0 Å². The largest absolute Gasteiger partial charge is 0.492 e. The van der Waals surface area contributed by atoms with Gasteiger partial charge in [0.05, 0.1) is 23.7 Å². The number of aryl methyl sites for hydroxylation is 3. The topological polar surface area (TPSA) is 84.9 Å². The van der Waals surface area contributed by atoms with E-state index in [4.69, 9.17) is 9.47 Å². The highest BCUT2D eigenvalue weighted by Gasteiger charge is 2.37. The van der Waals surface area contributed by atoms with Gasteiger partial charge >= 0.3 is 0 Å². The van der Waals surface area contributed by atoms with Crippen LogP contribution in [0, 0.1) is 20.8 Å². The molecule has 1 aliphatic rings. The van der Waals surface area contributed by atoms with Gasteiger partial charge in [-0.05, 0) is 68.3 Å². The molecule has 1 atom stereocenters. The maximum Gasteiger partial charge on any atom is 0.264 e. The van der Waals surface area contributed by atoms with E-state index in [2.05, 4.69) is 5.32 Å². The summed E-state index contributed by atoms with van der Waals surface area (Å²) in [5, 5.41) is 2.79. The first-order valence-electron chi connectivity index (χ1n) is 11.1. The summed E-state index contributed by atoms with van der Waals surface area (Å²) < 4.78 is 39.7. The maximum absolute atomic E-state index is 13.4. The summed E-state index contributed by atoms with van der Waals surface area (Å²) in [6.07, 6.45) is -0.989. The van der Waals surface area contributed by atoms with Gasteiger partial charge in [0.1, 0.15) is 18.1 Å². The van der Waals surface area contributed by atoms with E-state index < -0.39 is 22.0 Å². The van der Waals surface area contributed by atoms with E-state index in [0.717, 1.165) is 16.9 Å². The van der Waals surface area contributed by atoms with Gasteiger partial charge < -0.3 is 14.8 Å². The second-order valence-electron chi connectivity index (χ2n) is 8.31. The zero-order valence-corrected chi connectivity index (χ0v) is 20.3. The predicted molar refractivity (Wildman–Crippen MR) is 131 cm³/mol. The van der Waals surface area contributed by atoms with Gasteiger partial charge in [0.15, 0.2) is 6.10 Å². The van der Waals surface area contributed by atoms with Crippen molar-refractivity contribution in [1.82, 2.24) is 5.32 Å². The van der Waals surface area contributed by atoms with Crippen molar-refractivity contribution in [2.24, 2.45) is 0 Å². The minimum absolute atomic E-state index is 0.128. The number of anilines is 1. The van der Waals surface area contributed by atoms with Crippen molar-refractivity contribution in [3.8, 4) is 11.5 Å². The molecule has 0 saturated carbocycles. The quantitative estimate of drug-likeness (QED) is 0.521. The van der Waals surface area contributed by atoms with Gasteiger partial charge in [0, 0.05) is 0 Å². The van der Waals surface area contributed by atoms with Crippen molar-refractivity contribution >= 4 is 21.6 Å². The highest BCUT2D eigenvalue weighted by Crippen LogP contribution is 2.36. The van der Waals surface area contributed by atoms with Gasteiger partial charge in [-0.15, -0.1) is 0 Å². The average Bonchev–Trinajstić information content (AvgIpc) is 2.83. The Kier molecular flexibility index (Phi) is 6.79. The first kappa shape index (κ1) is 23.6. The standard InChI is InChI=1S/C26H28N2O5S/c1-18-8-12-22(13-9-18)34(30,31)28-17-25(33-24-7-5-4-6-23(24)28)26(29)27-14-15-32-21-11-10-19(2)20(3)16-21/h4-13,16,25H,14-15,17H2,1-3H3,(H,27,29). The number of hydrogen-bond acceptors (Lipinski definition) is 5. The Hall–Kier alpha value is -3.52. The number of carbonyl (C=O) groups excluding carboxylic acids is 1. The Morgan fingerprint density at radius 1 is 1.03 bits per heavy atom. The molecule has 3 aromatic rings. The normalized spacial score (nSPS) is 15.3. The van der Waals surface area contributed by atoms with Crippen molar-refractivity contribution in [2.75, 3.05) is 24.0 Å². The molecular weight excluding hydrogens is 452 g/mol. The summed E-state index contributed by atoms with van der Waals surface area (Å²) in [6, 6.07) is 19.3. The second-order valence-corrected chi connectivity index (χ2v) is 10.2. The molecule has 0 aromatic heterocycles. The number of carbonyl (C=O) groups is 1. The minimum Gasteiger partial charge on any atom is -0.492 e. The number of sulfonamides is 1. The Balaban J connectivity index is 1.45. The molecule has 0 fully saturated rings. The van der Waals surface area contributed by atoms with Crippen LogP contribution in [0.4, 0.5) is 5.69 Å². The Morgan fingerprint density at radius 3 is 2.50 bits per heavy atom. The fourth-order valence-electron chi connectivity index (χ4n) is 3.66. The fraction of sp³-hybridized carbons (Fsp3) is 0.269. The maximum atomic E-state index is 13.4. The number of benzene rings is 3. The third kappa shape index (κ3) is 5.02.